The van der Waals surface area contributed by atoms with Gasteiger partial charge in [-0.25, -0.2) is 9.59 Å². The standard InChI is InChI=1S/C21H29N3O5/c1-6-27-19(25)17-12-18(28-14-16-10-8-7-9-11-16)23-24(17)13-15(2)22-20(26)29-21(3,4)5/h7-12,15H,6,13-14H2,1-5H3,(H,22,26). The third-order valence-electron chi connectivity index (χ3n) is 3.68. The number of carbonyl (C=O) groups excluding carboxylic acids is 2. The zero-order chi connectivity index (χ0) is 21.4. The van der Waals surface area contributed by atoms with Crippen LogP contribution in [0.2, 0.25) is 0 Å². The fourth-order valence-electron chi connectivity index (χ4n) is 2.52. The lowest BCUT2D eigenvalue weighted by Gasteiger charge is -2.22. The number of nitrogens with zero attached hydrogens (tertiary/aromatic N) is 2. The number of ether oxygens (including phenoxy) is 3. The summed E-state index contributed by atoms with van der Waals surface area (Å²) in [5, 5.41) is 7.09. The first-order valence-corrected chi connectivity index (χ1v) is 9.59. The fourth-order valence-corrected chi connectivity index (χ4v) is 2.52. The molecule has 0 bridgehead atoms. The number of hydrogen-bond donors (Lipinski definition) is 1. The molecular weight excluding hydrogens is 374 g/mol. The van der Waals surface area contributed by atoms with Crippen molar-refractivity contribution in [2.75, 3.05) is 6.61 Å². The van der Waals surface area contributed by atoms with Crippen LogP contribution in [-0.4, -0.2) is 40.1 Å². The fraction of sp³-hybridized carbons (Fsp3) is 0.476. The van der Waals surface area contributed by atoms with Gasteiger partial charge in [-0.05, 0) is 40.2 Å². The zero-order valence-corrected chi connectivity index (χ0v) is 17.6. The maximum atomic E-state index is 12.3. The van der Waals surface area contributed by atoms with Crippen molar-refractivity contribution in [2.45, 2.75) is 59.4 Å². The van der Waals surface area contributed by atoms with E-state index in [2.05, 4.69) is 10.4 Å². The second-order valence-corrected chi connectivity index (χ2v) is 7.59. The molecule has 29 heavy (non-hydrogen) atoms. The Labute approximate surface area is 171 Å². The highest BCUT2D eigenvalue weighted by Gasteiger charge is 2.21. The topological polar surface area (TPSA) is 91.7 Å². The molecule has 0 spiro atoms. The quantitative estimate of drug-likeness (QED) is 0.678. The molecule has 0 fully saturated rings. The Kier molecular flexibility index (Phi) is 7.64. The van der Waals surface area contributed by atoms with Crippen LogP contribution in [0.4, 0.5) is 4.79 Å². The van der Waals surface area contributed by atoms with Gasteiger partial charge in [-0.1, -0.05) is 30.3 Å². The summed E-state index contributed by atoms with van der Waals surface area (Å²) in [5.41, 5.74) is 0.650. The van der Waals surface area contributed by atoms with Crippen molar-refractivity contribution in [3.63, 3.8) is 0 Å². The van der Waals surface area contributed by atoms with E-state index in [4.69, 9.17) is 14.2 Å². The summed E-state index contributed by atoms with van der Waals surface area (Å²) in [6.45, 7) is 9.73. The Bertz CT molecular complexity index is 811. The number of aromatic nitrogens is 2. The van der Waals surface area contributed by atoms with Gasteiger partial charge in [0.25, 0.3) is 0 Å². The number of amides is 1. The predicted octanol–water partition coefficient (Wildman–Crippen LogP) is 3.55. The van der Waals surface area contributed by atoms with Crippen LogP contribution in [0.15, 0.2) is 36.4 Å². The number of rotatable bonds is 8. The largest absolute Gasteiger partial charge is 0.472 e. The van der Waals surface area contributed by atoms with E-state index in [-0.39, 0.29) is 24.9 Å². The van der Waals surface area contributed by atoms with Crippen molar-refractivity contribution in [3.8, 4) is 5.88 Å². The first kappa shape index (κ1) is 22.3. The SMILES string of the molecule is CCOC(=O)c1cc(OCc2ccccc2)nn1CC(C)NC(=O)OC(C)(C)C. The maximum Gasteiger partial charge on any atom is 0.407 e. The highest BCUT2D eigenvalue weighted by Crippen LogP contribution is 2.16. The van der Waals surface area contributed by atoms with Gasteiger partial charge in [0.15, 0.2) is 0 Å². The Balaban J connectivity index is 2.08. The van der Waals surface area contributed by atoms with E-state index < -0.39 is 17.7 Å². The normalized spacial score (nSPS) is 12.2. The molecule has 1 aromatic heterocycles. The van der Waals surface area contributed by atoms with Crippen LogP contribution in [-0.2, 0) is 22.6 Å². The second-order valence-electron chi connectivity index (χ2n) is 7.59. The highest BCUT2D eigenvalue weighted by molar-refractivity contribution is 5.87. The third kappa shape index (κ3) is 7.48. The molecule has 1 amide bonds. The van der Waals surface area contributed by atoms with Gasteiger partial charge in [0.1, 0.15) is 17.9 Å². The summed E-state index contributed by atoms with van der Waals surface area (Å²) >= 11 is 0. The predicted molar refractivity (Wildman–Crippen MR) is 108 cm³/mol. The molecule has 1 atom stereocenters. The summed E-state index contributed by atoms with van der Waals surface area (Å²) in [6, 6.07) is 10.9. The van der Waals surface area contributed by atoms with Crippen molar-refractivity contribution >= 4 is 12.1 Å². The molecule has 1 N–H and O–H groups in total. The smallest absolute Gasteiger partial charge is 0.407 e. The van der Waals surface area contributed by atoms with Gasteiger partial charge < -0.3 is 19.5 Å². The van der Waals surface area contributed by atoms with Crippen molar-refractivity contribution in [1.29, 1.82) is 0 Å². The van der Waals surface area contributed by atoms with Gasteiger partial charge in [-0.3, -0.25) is 4.68 Å². The molecule has 0 aliphatic carbocycles. The Morgan fingerprint density at radius 3 is 2.52 bits per heavy atom. The molecule has 0 saturated heterocycles. The molecule has 1 heterocycles. The van der Waals surface area contributed by atoms with Crippen molar-refractivity contribution < 1.29 is 23.8 Å². The van der Waals surface area contributed by atoms with E-state index in [9.17, 15) is 9.59 Å². The zero-order valence-electron chi connectivity index (χ0n) is 17.6. The lowest BCUT2D eigenvalue weighted by atomic mass is 10.2. The first-order valence-electron chi connectivity index (χ1n) is 9.59. The van der Waals surface area contributed by atoms with E-state index in [1.807, 2.05) is 30.3 Å². The molecule has 1 aromatic carbocycles. The number of nitrogens with one attached hydrogen (secondary N) is 1. The second kappa shape index (κ2) is 9.95. The van der Waals surface area contributed by atoms with Crippen LogP contribution < -0.4 is 10.1 Å². The van der Waals surface area contributed by atoms with Crippen LogP contribution in [0.5, 0.6) is 5.88 Å². The van der Waals surface area contributed by atoms with E-state index in [0.29, 0.717) is 12.5 Å². The molecule has 0 saturated carbocycles. The van der Waals surface area contributed by atoms with Gasteiger partial charge in [0.2, 0.25) is 5.88 Å². The summed E-state index contributed by atoms with van der Waals surface area (Å²) in [6.07, 6.45) is -0.532. The lowest BCUT2D eigenvalue weighted by molar-refractivity contribution is 0.0501. The van der Waals surface area contributed by atoms with Gasteiger partial charge in [0, 0.05) is 12.1 Å². The van der Waals surface area contributed by atoms with Crippen LogP contribution in [0.25, 0.3) is 0 Å². The van der Waals surface area contributed by atoms with Gasteiger partial charge in [0.05, 0.1) is 13.2 Å². The number of benzene rings is 1. The summed E-state index contributed by atoms with van der Waals surface area (Å²) < 4.78 is 17.6. The Morgan fingerprint density at radius 1 is 1.21 bits per heavy atom. The number of esters is 1. The number of carbonyl (C=O) groups is 2. The average Bonchev–Trinajstić information content (AvgIpc) is 3.02. The van der Waals surface area contributed by atoms with Crippen molar-refractivity contribution in [3.05, 3.63) is 47.7 Å². The molecular formula is C21H29N3O5. The number of hydrogen-bond acceptors (Lipinski definition) is 6. The van der Waals surface area contributed by atoms with Crippen molar-refractivity contribution in [2.24, 2.45) is 0 Å². The molecule has 2 aromatic rings. The van der Waals surface area contributed by atoms with Crippen LogP contribution in [0, 0.1) is 0 Å². The van der Waals surface area contributed by atoms with E-state index in [1.165, 1.54) is 4.68 Å². The average molecular weight is 403 g/mol. The molecule has 1 unspecified atom stereocenters. The lowest BCUT2D eigenvalue weighted by Crippen LogP contribution is -2.40. The van der Waals surface area contributed by atoms with Gasteiger partial charge in [-0.2, -0.15) is 0 Å². The van der Waals surface area contributed by atoms with Gasteiger partial charge >= 0.3 is 12.1 Å². The molecule has 2 rings (SSSR count). The number of alkyl carbamates (subject to hydrolysis) is 1. The molecule has 8 nitrogen and oxygen atoms in total. The maximum absolute atomic E-state index is 12.3. The minimum Gasteiger partial charge on any atom is -0.472 e. The molecule has 0 radical (unpaired) electrons. The van der Waals surface area contributed by atoms with Crippen LogP contribution in [0.1, 0.15) is 50.7 Å². The van der Waals surface area contributed by atoms with Gasteiger partial charge in [-0.15, -0.1) is 5.10 Å². The minimum atomic E-state index is -0.593. The molecule has 0 aliphatic heterocycles. The highest BCUT2D eigenvalue weighted by atomic mass is 16.6. The third-order valence-corrected chi connectivity index (χ3v) is 3.68. The molecule has 8 heteroatoms. The summed E-state index contributed by atoms with van der Waals surface area (Å²) in [4.78, 5) is 24.3. The van der Waals surface area contributed by atoms with E-state index in [0.717, 1.165) is 5.56 Å². The summed E-state index contributed by atoms with van der Waals surface area (Å²) in [5.74, 6) is -0.194. The summed E-state index contributed by atoms with van der Waals surface area (Å²) in [7, 11) is 0. The Hall–Kier alpha value is -3.03. The van der Waals surface area contributed by atoms with Crippen LogP contribution >= 0.6 is 0 Å². The Morgan fingerprint density at radius 2 is 1.90 bits per heavy atom. The monoisotopic (exact) mass is 403 g/mol. The minimum absolute atomic E-state index is 0.246. The van der Waals surface area contributed by atoms with Crippen molar-refractivity contribution in [1.82, 2.24) is 15.1 Å². The molecule has 158 valence electrons. The van der Waals surface area contributed by atoms with E-state index >= 15 is 0 Å². The van der Waals surface area contributed by atoms with E-state index in [1.54, 1.807) is 40.7 Å². The van der Waals surface area contributed by atoms with Crippen LogP contribution in [0.3, 0.4) is 0 Å². The first-order chi connectivity index (χ1) is 13.7. The molecule has 0 aliphatic rings.